The maximum atomic E-state index is 12.4. The minimum Gasteiger partial charge on any atom is -0.353 e. The average molecular weight is 316 g/mol. The van der Waals surface area contributed by atoms with Gasteiger partial charge in [0.15, 0.2) is 0 Å². The summed E-state index contributed by atoms with van der Waals surface area (Å²) in [4.78, 5) is 34.7. The number of carbonyl (C=O) groups is 2. The lowest BCUT2D eigenvalue weighted by molar-refractivity contribution is -0.153. The van der Waals surface area contributed by atoms with Crippen LogP contribution in [-0.2, 0) is 9.59 Å². The first kappa shape index (κ1) is 15.8. The number of rotatable bonds is 1. The van der Waals surface area contributed by atoms with E-state index >= 15 is 0 Å². The van der Waals surface area contributed by atoms with Crippen LogP contribution in [0.2, 0.25) is 0 Å². The van der Waals surface area contributed by atoms with Crippen molar-refractivity contribution in [1.29, 1.82) is 0 Å². The number of anilines is 1. The molecule has 2 aliphatic heterocycles. The van der Waals surface area contributed by atoms with Crippen molar-refractivity contribution in [1.82, 2.24) is 14.8 Å². The van der Waals surface area contributed by atoms with E-state index in [-0.39, 0.29) is 11.8 Å². The van der Waals surface area contributed by atoms with Gasteiger partial charge in [-0.25, -0.2) is 4.98 Å². The van der Waals surface area contributed by atoms with Crippen molar-refractivity contribution in [3.8, 4) is 0 Å². The molecular weight excluding hydrogens is 292 g/mol. The summed E-state index contributed by atoms with van der Waals surface area (Å²) >= 11 is 0. The number of carbonyl (C=O) groups excluding carboxylic acids is 2. The number of amides is 2. The van der Waals surface area contributed by atoms with Gasteiger partial charge in [-0.05, 0) is 30.9 Å². The number of hydrogen-bond acceptors (Lipinski definition) is 4. The van der Waals surface area contributed by atoms with E-state index in [9.17, 15) is 9.59 Å². The lowest BCUT2D eigenvalue weighted by atomic mass is 10.0. The maximum Gasteiger partial charge on any atom is 0.312 e. The second kappa shape index (κ2) is 6.98. The van der Waals surface area contributed by atoms with Gasteiger partial charge in [0.1, 0.15) is 5.82 Å². The molecule has 0 aliphatic carbocycles. The second-order valence-corrected chi connectivity index (χ2v) is 6.47. The topological polar surface area (TPSA) is 56.8 Å². The first-order valence-corrected chi connectivity index (χ1v) is 8.39. The van der Waals surface area contributed by atoms with Crippen LogP contribution in [0.5, 0.6) is 0 Å². The minimum absolute atomic E-state index is 0.331. The molecule has 1 unspecified atom stereocenters. The highest BCUT2D eigenvalue weighted by Crippen LogP contribution is 2.17. The molecule has 1 atom stereocenters. The predicted molar refractivity (Wildman–Crippen MR) is 88.0 cm³/mol. The zero-order valence-electron chi connectivity index (χ0n) is 13.6. The van der Waals surface area contributed by atoms with Crippen molar-refractivity contribution >= 4 is 17.6 Å². The van der Waals surface area contributed by atoms with E-state index in [4.69, 9.17) is 0 Å². The summed E-state index contributed by atoms with van der Waals surface area (Å²) in [5.41, 5.74) is 0. The molecule has 0 radical (unpaired) electrons. The first-order chi connectivity index (χ1) is 11.1. The fourth-order valence-electron chi connectivity index (χ4n) is 3.32. The number of hydrogen-bond donors (Lipinski definition) is 0. The van der Waals surface area contributed by atoms with Gasteiger partial charge in [0.05, 0.1) is 0 Å². The molecule has 124 valence electrons. The monoisotopic (exact) mass is 316 g/mol. The van der Waals surface area contributed by atoms with Crippen LogP contribution < -0.4 is 4.90 Å². The van der Waals surface area contributed by atoms with Gasteiger partial charge in [0, 0.05) is 45.5 Å². The van der Waals surface area contributed by atoms with E-state index in [1.165, 1.54) is 0 Å². The first-order valence-electron chi connectivity index (χ1n) is 8.39. The molecule has 2 amide bonds. The Bertz CT molecular complexity index is 555. The molecule has 2 aliphatic rings. The number of nitrogens with zero attached hydrogens (tertiary/aromatic N) is 4. The number of pyridine rings is 1. The lowest BCUT2D eigenvalue weighted by Crippen LogP contribution is -2.54. The molecule has 0 N–H and O–H groups in total. The number of likely N-dealkylation sites (tertiary alicyclic amines) is 1. The number of aromatic nitrogens is 1. The van der Waals surface area contributed by atoms with Crippen molar-refractivity contribution in [3.05, 3.63) is 24.4 Å². The third-order valence-electron chi connectivity index (χ3n) is 4.67. The molecular formula is C17H24N4O2. The van der Waals surface area contributed by atoms with Gasteiger partial charge in [0.2, 0.25) is 0 Å². The van der Waals surface area contributed by atoms with E-state index in [1.54, 1.807) is 16.0 Å². The van der Waals surface area contributed by atoms with Gasteiger partial charge in [-0.2, -0.15) is 0 Å². The van der Waals surface area contributed by atoms with Crippen LogP contribution in [0.1, 0.15) is 19.8 Å². The van der Waals surface area contributed by atoms with Gasteiger partial charge < -0.3 is 14.7 Å². The molecule has 3 heterocycles. The maximum absolute atomic E-state index is 12.4. The van der Waals surface area contributed by atoms with Crippen LogP contribution in [-0.4, -0.2) is 65.9 Å². The Labute approximate surface area is 137 Å². The quantitative estimate of drug-likeness (QED) is 0.725. The second-order valence-electron chi connectivity index (χ2n) is 6.47. The average Bonchev–Trinajstić information content (AvgIpc) is 2.61. The third kappa shape index (κ3) is 3.63. The highest BCUT2D eigenvalue weighted by Gasteiger charge is 2.31. The summed E-state index contributed by atoms with van der Waals surface area (Å²) in [6, 6.07) is 5.82. The van der Waals surface area contributed by atoms with Gasteiger partial charge in [-0.15, -0.1) is 0 Å². The Morgan fingerprint density at radius 3 is 2.43 bits per heavy atom. The van der Waals surface area contributed by atoms with Crippen LogP contribution in [0.3, 0.4) is 0 Å². The van der Waals surface area contributed by atoms with E-state index in [0.29, 0.717) is 45.2 Å². The van der Waals surface area contributed by atoms with Crippen LogP contribution in [0.15, 0.2) is 24.4 Å². The summed E-state index contributed by atoms with van der Waals surface area (Å²) in [7, 11) is 0. The van der Waals surface area contributed by atoms with E-state index in [0.717, 1.165) is 18.7 Å². The zero-order valence-corrected chi connectivity index (χ0v) is 13.6. The Morgan fingerprint density at radius 2 is 1.78 bits per heavy atom. The smallest absolute Gasteiger partial charge is 0.312 e. The molecule has 0 saturated carbocycles. The molecule has 3 rings (SSSR count). The minimum atomic E-state index is -0.347. The Morgan fingerprint density at radius 1 is 1.04 bits per heavy atom. The predicted octanol–water partition coefficient (Wildman–Crippen LogP) is 0.989. The zero-order chi connectivity index (χ0) is 16.2. The van der Waals surface area contributed by atoms with Crippen molar-refractivity contribution in [2.24, 2.45) is 5.92 Å². The van der Waals surface area contributed by atoms with Gasteiger partial charge >= 0.3 is 11.8 Å². The molecule has 6 heteroatoms. The number of piperidine rings is 1. The highest BCUT2D eigenvalue weighted by molar-refractivity contribution is 6.34. The van der Waals surface area contributed by atoms with Crippen molar-refractivity contribution in [2.75, 3.05) is 44.2 Å². The van der Waals surface area contributed by atoms with Gasteiger partial charge in [0.25, 0.3) is 0 Å². The Hall–Kier alpha value is -2.11. The standard InChI is InChI=1S/C17H24N4O2/c1-14-5-4-8-21(13-14)17(23)16(22)20-11-9-19(10-12-20)15-6-2-3-7-18-15/h2-3,6-7,14H,4-5,8-13H2,1H3. The molecule has 0 spiro atoms. The largest absolute Gasteiger partial charge is 0.353 e. The van der Waals surface area contributed by atoms with Gasteiger partial charge in [-0.1, -0.05) is 13.0 Å². The summed E-state index contributed by atoms with van der Waals surface area (Å²) in [6.07, 6.45) is 3.91. The summed E-state index contributed by atoms with van der Waals surface area (Å²) in [5, 5.41) is 0. The van der Waals surface area contributed by atoms with E-state index in [1.807, 2.05) is 18.2 Å². The molecule has 0 bridgehead atoms. The fourth-order valence-corrected chi connectivity index (χ4v) is 3.32. The normalized spacial score (nSPS) is 22.1. The Kier molecular flexibility index (Phi) is 4.79. The molecule has 23 heavy (non-hydrogen) atoms. The molecule has 1 aromatic rings. The molecule has 6 nitrogen and oxygen atoms in total. The van der Waals surface area contributed by atoms with Crippen LogP contribution in [0.25, 0.3) is 0 Å². The van der Waals surface area contributed by atoms with Crippen LogP contribution in [0.4, 0.5) is 5.82 Å². The lowest BCUT2D eigenvalue weighted by Gasteiger charge is -2.37. The molecule has 2 saturated heterocycles. The van der Waals surface area contributed by atoms with Crippen molar-refractivity contribution in [2.45, 2.75) is 19.8 Å². The van der Waals surface area contributed by atoms with E-state index in [2.05, 4.69) is 16.8 Å². The van der Waals surface area contributed by atoms with Crippen molar-refractivity contribution in [3.63, 3.8) is 0 Å². The molecule has 0 aromatic carbocycles. The number of piperazine rings is 1. The summed E-state index contributed by atoms with van der Waals surface area (Å²) in [5.74, 6) is 0.736. The summed E-state index contributed by atoms with van der Waals surface area (Å²) < 4.78 is 0. The SMILES string of the molecule is CC1CCCN(C(=O)C(=O)N2CCN(c3ccccn3)CC2)C1. The Balaban J connectivity index is 1.54. The van der Waals surface area contributed by atoms with Crippen LogP contribution in [0, 0.1) is 5.92 Å². The highest BCUT2D eigenvalue weighted by atomic mass is 16.2. The molecule has 2 fully saturated rings. The van der Waals surface area contributed by atoms with E-state index < -0.39 is 0 Å². The fraction of sp³-hybridized carbons (Fsp3) is 0.588. The van der Waals surface area contributed by atoms with Crippen LogP contribution >= 0.6 is 0 Å². The summed E-state index contributed by atoms with van der Waals surface area (Å²) in [6.45, 7) is 6.13. The van der Waals surface area contributed by atoms with Gasteiger partial charge in [-0.3, -0.25) is 9.59 Å². The van der Waals surface area contributed by atoms with Crippen molar-refractivity contribution < 1.29 is 9.59 Å². The molecule has 1 aromatic heterocycles. The third-order valence-corrected chi connectivity index (χ3v) is 4.67.